The highest BCUT2D eigenvalue weighted by Crippen LogP contribution is 2.22. The van der Waals surface area contributed by atoms with Gasteiger partial charge in [-0.3, -0.25) is 14.4 Å². The third kappa shape index (κ3) is 5.21. The fourth-order valence-corrected chi connectivity index (χ4v) is 3.43. The van der Waals surface area contributed by atoms with Crippen molar-refractivity contribution in [3.63, 3.8) is 0 Å². The molecule has 1 N–H and O–H groups in total. The number of para-hydroxylation sites is 1. The summed E-state index contributed by atoms with van der Waals surface area (Å²) < 4.78 is 6.09. The van der Waals surface area contributed by atoms with Crippen LogP contribution in [0, 0.1) is 0 Å². The lowest BCUT2D eigenvalue weighted by Gasteiger charge is -2.07. The zero-order chi connectivity index (χ0) is 19.2. The lowest BCUT2D eigenvalue weighted by Crippen LogP contribution is -2.21. The minimum atomic E-state index is -0.457. The molecule has 0 aliphatic carbocycles. The molecule has 2 aromatic carbocycles. The van der Waals surface area contributed by atoms with Crippen LogP contribution in [0.15, 0.2) is 48.5 Å². The van der Waals surface area contributed by atoms with Gasteiger partial charge in [0, 0.05) is 17.7 Å². The molecule has 27 heavy (non-hydrogen) atoms. The molecule has 0 radical (unpaired) electrons. The summed E-state index contributed by atoms with van der Waals surface area (Å²) >= 11 is 1.54. The molecule has 0 aliphatic heterocycles. The van der Waals surface area contributed by atoms with Crippen molar-refractivity contribution in [2.24, 2.45) is 0 Å². The summed E-state index contributed by atoms with van der Waals surface area (Å²) in [5, 5.41) is 3.47. The molecule has 0 fully saturated rings. The third-order valence-electron chi connectivity index (χ3n) is 3.80. The average molecular weight is 382 g/mol. The molecule has 138 valence electrons. The Labute approximate surface area is 160 Å². The maximum absolute atomic E-state index is 11.9. The van der Waals surface area contributed by atoms with Gasteiger partial charge in [-0.05, 0) is 31.2 Å². The van der Waals surface area contributed by atoms with Crippen molar-refractivity contribution in [3.8, 4) is 0 Å². The molecule has 0 unspecified atom stereocenters. The molecular weight excluding hydrogens is 364 g/mol. The standard InChI is InChI=1S/C20H18N2O4S/c1-13(23)14-5-4-6-15(11-14)21-18(24)12-26-20(25)10-9-19-22-16-7-2-3-8-17(16)27-19/h2-8,11H,9-10,12H2,1H3,(H,21,24). The maximum atomic E-state index is 11.9. The Balaban J connectivity index is 1.45. The van der Waals surface area contributed by atoms with Gasteiger partial charge in [0.05, 0.1) is 21.6 Å². The van der Waals surface area contributed by atoms with Gasteiger partial charge in [-0.1, -0.05) is 24.3 Å². The molecule has 0 aliphatic rings. The van der Waals surface area contributed by atoms with E-state index in [1.165, 1.54) is 6.92 Å². The summed E-state index contributed by atoms with van der Waals surface area (Å²) in [5.41, 5.74) is 1.90. The van der Waals surface area contributed by atoms with Crippen molar-refractivity contribution in [2.45, 2.75) is 19.8 Å². The summed E-state index contributed by atoms with van der Waals surface area (Å²) in [7, 11) is 0. The largest absolute Gasteiger partial charge is 0.456 e. The van der Waals surface area contributed by atoms with Gasteiger partial charge in [0.25, 0.3) is 5.91 Å². The highest BCUT2D eigenvalue weighted by molar-refractivity contribution is 7.18. The van der Waals surface area contributed by atoms with Crippen LogP contribution in [-0.4, -0.2) is 29.3 Å². The van der Waals surface area contributed by atoms with Crippen LogP contribution < -0.4 is 5.32 Å². The van der Waals surface area contributed by atoms with E-state index in [-0.39, 0.29) is 18.8 Å². The first-order valence-corrected chi connectivity index (χ1v) is 9.24. The number of ketones is 1. The van der Waals surface area contributed by atoms with Crippen molar-refractivity contribution in [1.29, 1.82) is 0 Å². The first kappa shape index (κ1) is 18.7. The lowest BCUT2D eigenvalue weighted by atomic mass is 10.1. The average Bonchev–Trinajstić information content (AvgIpc) is 3.08. The normalized spacial score (nSPS) is 10.6. The van der Waals surface area contributed by atoms with E-state index in [9.17, 15) is 14.4 Å². The zero-order valence-corrected chi connectivity index (χ0v) is 15.5. The zero-order valence-electron chi connectivity index (χ0n) is 14.7. The molecule has 1 aromatic heterocycles. The number of Topliss-reactive ketones (excluding diaryl/α,β-unsaturated/α-hetero) is 1. The third-order valence-corrected chi connectivity index (χ3v) is 4.89. The van der Waals surface area contributed by atoms with E-state index in [2.05, 4.69) is 10.3 Å². The number of carbonyl (C=O) groups excluding carboxylic acids is 3. The van der Waals surface area contributed by atoms with E-state index >= 15 is 0 Å². The first-order valence-electron chi connectivity index (χ1n) is 8.42. The Kier molecular flexibility index (Phi) is 5.93. The summed E-state index contributed by atoms with van der Waals surface area (Å²) in [6.07, 6.45) is 0.632. The summed E-state index contributed by atoms with van der Waals surface area (Å²) in [5.74, 6) is -1.00. The number of esters is 1. The predicted octanol–water partition coefficient (Wildman–Crippen LogP) is 3.61. The number of carbonyl (C=O) groups is 3. The fourth-order valence-electron chi connectivity index (χ4n) is 2.47. The molecule has 0 spiro atoms. The van der Waals surface area contributed by atoms with E-state index in [4.69, 9.17) is 4.74 Å². The van der Waals surface area contributed by atoms with E-state index in [1.54, 1.807) is 35.6 Å². The number of hydrogen-bond acceptors (Lipinski definition) is 6. The number of benzene rings is 2. The molecule has 1 heterocycles. The van der Waals surface area contributed by atoms with Gasteiger partial charge in [-0.25, -0.2) is 4.98 Å². The fraction of sp³-hybridized carbons (Fsp3) is 0.200. The Morgan fingerprint density at radius 2 is 1.93 bits per heavy atom. The summed E-state index contributed by atoms with van der Waals surface area (Å²) in [6, 6.07) is 14.4. The Hall–Kier alpha value is -3.06. The second-order valence-electron chi connectivity index (χ2n) is 5.92. The van der Waals surface area contributed by atoms with Crippen molar-refractivity contribution in [1.82, 2.24) is 4.98 Å². The Bertz CT molecular complexity index is 963. The second kappa shape index (κ2) is 8.55. The van der Waals surface area contributed by atoms with Crippen molar-refractivity contribution in [3.05, 3.63) is 59.1 Å². The predicted molar refractivity (Wildman–Crippen MR) is 104 cm³/mol. The van der Waals surface area contributed by atoms with Crippen molar-refractivity contribution >= 4 is 44.9 Å². The number of anilines is 1. The highest BCUT2D eigenvalue weighted by atomic mass is 32.1. The lowest BCUT2D eigenvalue weighted by molar-refractivity contribution is -0.147. The quantitative estimate of drug-likeness (QED) is 0.498. The van der Waals surface area contributed by atoms with Gasteiger partial charge >= 0.3 is 5.97 Å². The first-order chi connectivity index (χ1) is 13.0. The van der Waals surface area contributed by atoms with Crippen LogP contribution >= 0.6 is 11.3 Å². The molecule has 3 aromatic rings. The Morgan fingerprint density at radius 1 is 1.11 bits per heavy atom. The van der Waals surface area contributed by atoms with Crippen LogP contribution in [0.4, 0.5) is 5.69 Å². The molecule has 0 saturated carbocycles. The van der Waals surface area contributed by atoms with Gasteiger partial charge in [0.1, 0.15) is 0 Å². The molecule has 3 rings (SSSR count). The SMILES string of the molecule is CC(=O)c1cccc(NC(=O)COC(=O)CCc2nc3ccccc3s2)c1. The number of fused-ring (bicyclic) bond motifs is 1. The second-order valence-corrected chi connectivity index (χ2v) is 7.04. The van der Waals surface area contributed by atoms with E-state index in [1.807, 2.05) is 24.3 Å². The molecular formula is C20H18N2O4S. The number of nitrogens with zero attached hydrogens (tertiary/aromatic N) is 1. The molecule has 0 saturated heterocycles. The van der Waals surface area contributed by atoms with Crippen LogP contribution in [0.2, 0.25) is 0 Å². The topological polar surface area (TPSA) is 85.4 Å². The van der Waals surface area contributed by atoms with E-state index < -0.39 is 11.9 Å². The number of rotatable bonds is 7. The van der Waals surface area contributed by atoms with Crippen molar-refractivity contribution < 1.29 is 19.1 Å². The number of aromatic nitrogens is 1. The van der Waals surface area contributed by atoms with Crippen LogP contribution in [0.3, 0.4) is 0 Å². The number of ether oxygens (including phenoxy) is 1. The molecule has 7 heteroatoms. The summed E-state index contributed by atoms with van der Waals surface area (Å²) in [4.78, 5) is 39.6. The number of thiazole rings is 1. The Morgan fingerprint density at radius 3 is 2.70 bits per heavy atom. The summed E-state index contributed by atoms with van der Waals surface area (Å²) in [6.45, 7) is 1.08. The smallest absolute Gasteiger partial charge is 0.306 e. The van der Waals surface area contributed by atoms with Gasteiger partial charge < -0.3 is 10.1 Å². The highest BCUT2D eigenvalue weighted by Gasteiger charge is 2.11. The minimum Gasteiger partial charge on any atom is -0.456 e. The number of aryl methyl sites for hydroxylation is 1. The van der Waals surface area contributed by atoms with Gasteiger partial charge in [0.15, 0.2) is 12.4 Å². The monoisotopic (exact) mass is 382 g/mol. The van der Waals surface area contributed by atoms with Gasteiger partial charge in [-0.15, -0.1) is 11.3 Å². The molecule has 0 atom stereocenters. The van der Waals surface area contributed by atoms with Gasteiger partial charge in [-0.2, -0.15) is 0 Å². The number of amides is 1. The number of hydrogen-bond donors (Lipinski definition) is 1. The van der Waals surface area contributed by atoms with Crippen LogP contribution in [-0.2, 0) is 20.7 Å². The molecule has 0 bridgehead atoms. The maximum Gasteiger partial charge on any atom is 0.306 e. The van der Waals surface area contributed by atoms with E-state index in [0.717, 1.165) is 15.2 Å². The van der Waals surface area contributed by atoms with Crippen LogP contribution in [0.5, 0.6) is 0 Å². The number of nitrogens with one attached hydrogen (secondary N) is 1. The minimum absolute atomic E-state index is 0.0904. The molecule has 6 nitrogen and oxygen atoms in total. The van der Waals surface area contributed by atoms with Gasteiger partial charge in [0.2, 0.25) is 0 Å². The van der Waals surface area contributed by atoms with Crippen LogP contribution in [0.1, 0.15) is 28.7 Å². The molecule has 1 amide bonds. The van der Waals surface area contributed by atoms with Crippen molar-refractivity contribution in [2.75, 3.05) is 11.9 Å². The van der Waals surface area contributed by atoms with E-state index in [0.29, 0.717) is 17.7 Å². The van der Waals surface area contributed by atoms with Crippen LogP contribution in [0.25, 0.3) is 10.2 Å².